The smallest absolute Gasteiger partial charge is 0.244 e. The third-order valence-electron chi connectivity index (χ3n) is 3.49. The Kier molecular flexibility index (Phi) is 4.93. The van der Waals surface area contributed by atoms with Crippen molar-refractivity contribution in [1.82, 2.24) is 5.32 Å². The topological polar surface area (TPSA) is 92.5 Å². The maximum absolute atomic E-state index is 11.7. The highest BCUT2D eigenvalue weighted by Gasteiger charge is 2.21. The van der Waals surface area contributed by atoms with E-state index in [1.165, 1.54) is 13.0 Å². The molecule has 1 aromatic rings. The van der Waals surface area contributed by atoms with Crippen molar-refractivity contribution in [3.05, 3.63) is 35.9 Å². The van der Waals surface area contributed by atoms with Crippen LogP contribution >= 0.6 is 0 Å². The average molecular weight is 301 g/mol. The Morgan fingerprint density at radius 3 is 2.55 bits per heavy atom. The number of nitrogens with one attached hydrogen (secondary N) is 1. The second kappa shape index (κ2) is 6.89. The lowest BCUT2D eigenvalue weighted by Crippen LogP contribution is -2.41. The molecule has 1 aliphatic rings. The molecule has 116 valence electrons. The molecule has 1 fully saturated rings. The molecule has 1 aromatic carbocycles. The fourth-order valence-corrected chi connectivity index (χ4v) is 2.19. The SMILES string of the molecule is CC(NC(=O)/C=C/c1ccc(N2CCCC2=O)cc1)C(N)=O. The van der Waals surface area contributed by atoms with Crippen molar-refractivity contribution in [2.75, 3.05) is 11.4 Å². The Morgan fingerprint density at radius 2 is 2.00 bits per heavy atom. The molecule has 6 nitrogen and oxygen atoms in total. The molecule has 3 amide bonds. The Morgan fingerprint density at radius 1 is 1.32 bits per heavy atom. The lowest BCUT2D eigenvalue weighted by molar-refractivity contribution is -0.124. The first-order valence-corrected chi connectivity index (χ1v) is 7.15. The minimum Gasteiger partial charge on any atom is -0.368 e. The van der Waals surface area contributed by atoms with Crippen LogP contribution in [-0.2, 0) is 14.4 Å². The standard InChI is InChI=1S/C16H19N3O3/c1-11(16(17)22)18-14(20)9-6-12-4-7-13(8-5-12)19-10-2-3-15(19)21/h4-9,11H,2-3,10H2,1H3,(H2,17,22)(H,18,20)/b9-6+. The molecule has 0 bridgehead atoms. The summed E-state index contributed by atoms with van der Waals surface area (Å²) in [5.41, 5.74) is 6.77. The largest absolute Gasteiger partial charge is 0.368 e. The summed E-state index contributed by atoms with van der Waals surface area (Å²) < 4.78 is 0. The van der Waals surface area contributed by atoms with Gasteiger partial charge in [-0.05, 0) is 37.1 Å². The number of nitrogens with two attached hydrogens (primary N) is 1. The van der Waals surface area contributed by atoms with Gasteiger partial charge in [0, 0.05) is 24.7 Å². The molecule has 0 aromatic heterocycles. The monoisotopic (exact) mass is 301 g/mol. The van der Waals surface area contributed by atoms with Crippen LogP contribution in [0, 0.1) is 0 Å². The molecule has 22 heavy (non-hydrogen) atoms. The summed E-state index contributed by atoms with van der Waals surface area (Å²) >= 11 is 0. The van der Waals surface area contributed by atoms with Crippen molar-refractivity contribution in [1.29, 1.82) is 0 Å². The first-order valence-electron chi connectivity index (χ1n) is 7.15. The zero-order valence-corrected chi connectivity index (χ0v) is 12.4. The average Bonchev–Trinajstić information content (AvgIpc) is 2.91. The summed E-state index contributed by atoms with van der Waals surface area (Å²) in [4.78, 5) is 35.9. The van der Waals surface area contributed by atoms with Gasteiger partial charge in [-0.25, -0.2) is 0 Å². The minimum absolute atomic E-state index is 0.142. The molecule has 1 heterocycles. The van der Waals surface area contributed by atoms with Crippen LogP contribution in [0.1, 0.15) is 25.3 Å². The third kappa shape index (κ3) is 3.94. The highest BCUT2D eigenvalue weighted by atomic mass is 16.2. The Balaban J connectivity index is 1.96. The predicted octanol–water partition coefficient (Wildman–Crippen LogP) is 0.817. The first-order chi connectivity index (χ1) is 10.5. The van der Waals surface area contributed by atoms with E-state index >= 15 is 0 Å². The number of primary amides is 1. The summed E-state index contributed by atoms with van der Waals surface area (Å²) in [5, 5.41) is 2.46. The summed E-state index contributed by atoms with van der Waals surface area (Å²) in [7, 11) is 0. The highest BCUT2D eigenvalue weighted by molar-refractivity contribution is 5.96. The van der Waals surface area contributed by atoms with Crippen molar-refractivity contribution < 1.29 is 14.4 Å². The molecule has 0 aliphatic carbocycles. The Bertz CT molecular complexity index is 608. The number of hydrogen-bond donors (Lipinski definition) is 2. The molecule has 1 atom stereocenters. The minimum atomic E-state index is -0.708. The molecule has 1 unspecified atom stereocenters. The number of rotatable bonds is 5. The predicted molar refractivity (Wildman–Crippen MR) is 83.9 cm³/mol. The third-order valence-corrected chi connectivity index (χ3v) is 3.49. The van der Waals surface area contributed by atoms with Crippen LogP contribution in [0.25, 0.3) is 6.08 Å². The van der Waals surface area contributed by atoms with E-state index < -0.39 is 11.9 Å². The molecule has 1 aliphatic heterocycles. The van der Waals surface area contributed by atoms with Crippen LogP contribution in [0.4, 0.5) is 5.69 Å². The van der Waals surface area contributed by atoms with Crippen molar-refractivity contribution in [2.45, 2.75) is 25.8 Å². The number of amides is 3. The molecule has 0 radical (unpaired) electrons. The maximum Gasteiger partial charge on any atom is 0.244 e. The lowest BCUT2D eigenvalue weighted by atomic mass is 10.2. The fourth-order valence-electron chi connectivity index (χ4n) is 2.19. The van der Waals surface area contributed by atoms with Crippen molar-refractivity contribution in [3.8, 4) is 0 Å². The summed E-state index contributed by atoms with van der Waals surface area (Å²) in [5.74, 6) is -0.824. The second-order valence-electron chi connectivity index (χ2n) is 5.21. The molecular weight excluding hydrogens is 282 g/mol. The van der Waals surface area contributed by atoms with Gasteiger partial charge in [-0.3, -0.25) is 14.4 Å². The van der Waals surface area contributed by atoms with E-state index in [0.717, 1.165) is 24.2 Å². The van der Waals surface area contributed by atoms with Gasteiger partial charge in [0.15, 0.2) is 0 Å². The van der Waals surface area contributed by atoms with Crippen molar-refractivity contribution in [3.63, 3.8) is 0 Å². The zero-order chi connectivity index (χ0) is 16.1. The quantitative estimate of drug-likeness (QED) is 0.788. The number of hydrogen-bond acceptors (Lipinski definition) is 3. The van der Waals surface area contributed by atoms with Crippen LogP contribution in [0.3, 0.4) is 0 Å². The van der Waals surface area contributed by atoms with Gasteiger partial charge in [0.1, 0.15) is 6.04 Å². The summed E-state index contributed by atoms with van der Waals surface area (Å²) in [6, 6.07) is 6.67. The molecular formula is C16H19N3O3. The van der Waals surface area contributed by atoms with Crippen molar-refractivity contribution >= 4 is 29.5 Å². The van der Waals surface area contributed by atoms with Crippen LogP contribution in [0.5, 0.6) is 0 Å². The van der Waals surface area contributed by atoms with E-state index in [2.05, 4.69) is 5.32 Å². The van der Waals surface area contributed by atoms with E-state index in [0.29, 0.717) is 6.42 Å². The highest BCUT2D eigenvalue weighted by Crippen LogP contribution is 2.21. The first kappa shape index (κ1) is 15.8. The normalized spacial score (nSPS) is 16.0. The molecule has 0 saturated carbocycles. The van der Waals surface area contributed by atoms with Gasteiger partial charge >= 0.3 is 0 Å². The van der Waals surface area contributed by atoms with Crippen molar-refractivity contribution in [2.24, 2.45) is 5.73 Å². The number of carbonyl (C=O) groups is 3. The van der Waals surface area contributed by atoms with Crippen LogP contribution in [0.15, 0.2) is 30.3 Å². The lowest BCUT2D eigenvalue weighted by Gasteiger charge is -2.15. The van der Waals surface area contributed by atoms with Gasteiger partial charge in [-0.15, -0.1) is 0 Å². The molecule has 0 spiro atoms. The van der Waals surface area contributed by atoms with Gasteiger partial charge in [0.05, 0.1) is 0 Å². The Labute approximate surface area is 129 Å². The summed E-state index contributed by atoms with van der Waals surface area (Å²) in [6.45, 7) is 2.28. The molecule has 6 heteroatoms. The zero-order valence-electron chi connectivity index (χ0n) is 12.4. The van der Waals surface area contributed by atoms with E-state index in [4.69, 9.17) is 5.73 Å². The van der Waals surface area contributed by atoms with Crippen LogP contribution < -0.4 is 16.0 Å². The van der Waals surface area contributed by atoms with Gasteiger partial charge < -0.3 is 16.0 Å². The van der Waals surface area contributed by atoms with Gasteiger partial charge in [-0.2, -0.15) is 0 Å². The fraction of sp³-hybridized carbons (Fsp3) is 0.312. The van der Waals surface area contributed by atoms with E-state index in [1.54, 1.807) is 11.0 Å². The molecule has 2 rings (SSSR count). The second-order valence-corrected chi connectivity index (χ2v) is 5.21. The van der Waals surface area contributed by atoms with Crippen LogP contribution in [0.2, 0.25) is 0 Å². The van der Waals surface area contributed by atoms with Gasteiger partial charge in [-0.1, -0.05) is 12.1 Å². The van der Waals surface area contributed by atoms with E-state index in [1.807, 2.05) is 24.3 Å². The van der Waals surface area contributed by atoms with E-state index in [9.17, 15) is 14.4 Å². The van der Waals surface area contributed by atoms with Gasteiger partial charge in [0.25, 0.3) is 0 Å². The summed E-state index contributed by atoms with van der Waals surface area (Å²) in [6.07, 6.45) is 4.46. The molecule has 3 N–H and O–H groups in total. The number of carbonyl (C=O) groups excluding carboxylic acids is 3. The van der Waals surface area contributed by atoms with Crippen LogP contribution in [-0.4, -0.2) is 30.3 Å². The Hall–Kier alpha value is -2.63. The number of nitrogens with zero attached hydrogens (tertiary/aromatic N) is 1. The van der Waals surface area contributed by atoms with E-state index in [-0.39, 0.29) is 11.8 Å². The number of benzene rings is 1. The van der Waals surface area contributed by atoms with Gasteiger partial charge in [0.2, 0.25) is 17.7 Å². The number of anilines is 1. The maximum atomic E-state index is 11.7. The molecule has 1 saturated heterocycles.